The lowest BCUT2D eigenvalue weighted by atomic mass is 9.44. The minimum absolute atomic E-state index is 0.0682. The van der Waals surface area contributed by atoms with Gasteiger partial charge in [0.15, 0.2) is 5.78 Å². The predicted octanol–water partition coefficient (Wildman–Crippen LogP) is 4.14. The van der Waals surface area contributed by atoms with Crippen molar-refractivity contribution in [2.24, 2.45) is 40.4 Å². The summed E-state index contributed by atoms with van der Waals surface area (Å²) in [5.74, 6) is 2.77. The first-order valence-electron chi connectivity index (χ1n) is 11.1. The monoisotopic (exact) mass is 376 g/mol. The molecule has 152 valence electrons. The van der Waals surface area contributed by atoms with Crippen LogP contribution in [0, 0.1) is 40.4 Å². The predicted molar refractivity (Wildman–Crippen MR) is 103 cm³/mol. The summed E-state index contributed by atoms with van der Waals surface area (Å²) in [7, 11) is 0. The van der Waals surface area contributed by atoms with Gasteiger partial charge in [-0.1, -0.05) is 13.8 Å². The van der Waals surface area contributed by atoms with Crippen molar-refractivity contribution in [1.82, 2.24) is 0 Å². The van der Waals surface area contributed by atoms with Crippen LogP contribution in [0.2, 0.25) is 0 Å². The van der Waals surface area contributed by atoms with Crippen LogP contribution in [0.15, 0.2) is 0 Å². The normalized spacial score (nSPS) is 48.9. The highest BCUT2D eigenvalue weighted by molar-refractivity contribution is 5.83. The smallest absolute Gasteiger partial charge is 0.302 e. The van der Waals surface area contributed by atoms with E-state index in [4.69, 9.17) is 4.74 Å². The number of carbonyl (C=O) groups is 2. The van der Waals surface area contributed by atoms with Gasteiger partial charge in [-0.3, -0.25) is 9.59 Å². The number of ketones is 1. The SMILES string of the molecule is CC(=O)OC1CC[C@@]2(C)C(CC[C@H]3[C@@H]4CC[C@H](C(=O)CO)[C@@]4(C)CC[C@@H]32)C1. The largest absolute Gasteiger partial charge is 0.463 e. The van der Waals surface area contributed by atoms with Gasteiger partial charge in [0, 0.05) is 12.8 Å². The number of hydrogen-bond acceptors (Lipinski definition) is 4. The van der Waals surface area contributed by atoms with Crippen LogP contribution in [0.5, 0.6) is 0 Å². The molecule has 2 unspecified atom stereocenters. The lowest BCUT2D eigenvalue weighted by Gasteiger charge is -2.61. The molecule has 0 amide bonds. The molecule has 1 N–H and O–H groups in total. The van der Waals surface area contributed by atoms with Gasteiger partial charge in [0.05, 0.1) is 0 Å². The van der Waals surface area contributed by atoms with Crippen LogP contribution in [-0.2, 0) is 14.3 Å². The average Bonchev–Trinajstić information content (AvgIpc) is 2.98. The zero-order chi connectivity index (χ0) is 19.4. The maximum atomic E-state index is 12.4. The highest BCUT2D eigenvalue weighted by atomic mass is 16.5. The zero-order valence-corrected chi connectivity index (χ0v) is 17.2. The van der Waals surface area contributed by atoms with Crippen LogP contribution in [0.4, 0.5) is 0 Å². The van der Waals surface area contributed by atoms with E-state index in [1.807, 2.05) is 0 Å². The Bertz CT molecular complexity index is 615. The molecular weight excluding hydrogens is 340 g/mol. The molecule has 4 heteroatoms. The molecule has 27 heavy (non-hydrogen) atoms. The summed E-state index contributed by atoms with van der Waals surface area (Å²) in [6, 6.07) is 0. The Kier molecular flexibility index (Phi) is 4.93. The van der Waals surface area contributed by atoms with Crippen molar-refractivity contribution in [3.05, 3.63) is 0 Å². The molecule has 4 aliphatic carbocycles. The van der Waals surface area contributed by atoms with Crippen LogP contribution >= 0.6 is 0 Å². The van der Waals surface area contributed by atoms with E-state index in [-0.39, 0.29) is 35.8 Å². The molecule has 4 saturated carbocycles. The summed E-state index contributed by atoms with van der Waals surface area (Å²) in [5.41, 5.74) is 0.457. The van der Waals surface area contributed by atoms with Crippen LogP contribution in [0.1, 0.15) is 78.6 Å². The third-order valence-corrected chi connectivity index (χ3v) is 9.49. The van der Waals surface area contributed by atoms with Crippen molar-refractivity contribution in [3.8, 4) is 0 Å². The van der Waals surface area contributed by atoms with Crippen LogP contribution < -0.4 is 0 Å². The van der Waals surface area contributed by atoms with Gasteiger partial charge in [-0.15, -0.1) is 0 Å². The third-order valence-electron chi connectivity index (χ3n) is 9.49. The van der Waals surface area contributed by atoms with E-state index in [1.165, 1.54) is 32.6 Å². The van der Waals surface area contributed by atoms with E-state index in [0.717, 1.165) is 43.9 Å². The summed E-state index contributed by atoms with van der Waals surface area (Å²) in [6.45, 7) is 6.08. The number of ether oxygens (including phenoxy) is 1. The fraction of sp³-hybridized carbons (Fsp3) is 0.913. The molecule has 4 nitrogen and oxygen atoms in total. The number of Topliss-reactive ketones (excluding diaryl/α,β-unsaturated/α-hetero) is 1. The molecule has 0 heterocycles. The standard InChI is InChI=1S/C23H36O4/c1-14(25)27-16-8-10-22(2)15(12-16)4-5-17-18-6-7-20(21(26)13-24)23(18,3)11-9-19(17)22/h15-20,24H,4-13H2,1-3H3/t15?,16?,17-,18-,19-,20+,22-,23-/m0/s1. The molecule has 0 bridgehead atoms. The van der Waals surface area contributed by atoms with Crippen molar-refractivity contribution in [2.45, 2.75) is 84.7 Å². The van der Waals surface area contributed by atoms with Crippen LogP contribution in [0.3, 0.4) is 0 Å². The summed E-state index contributed by atoms with van der Waals surface area (Å²) in [5, 5.41) is 9.43. The first kappa shape index (κ1) is 19.4. The quantitative estimate of drug-likeness (QED) is 0.752. The Balaban J connectivity index is 1.53. The van der Waals surface area contributed by atoms with Gasteiger partial charge in [-0.25, -0.2) is 0 Å². The summed E-state index contributed by atoms with van der Waals surface area (Å²) in [4.78, 5) is 23.7. The van der Waals surface area contributed by atoms with E-state index in [1.54, 1.807) is 0 Å². The summed E-state index contributed by atoms with van der Waals surface area (Å²) in [6.07, 6.45) is 10.3. The van der Waals surface area contributed by atoms with E-state index in [2.05, 4.69) is 13.8 Å². The topological polar surface area (TPSA) is 63.6 Å². The third kappa shape index (κ3) is 2.97. The second kappa shape index (κ2) is 6.86. The summed E-state index contributed by atoms with van der Waals surface area (Å²) < 4.78 is 5.56. The molecule has 0 aromatic rings. The minimum Gasteiger partial charge on any atom is -0.463 e. The van der Waals surface area contributed by atoms with Crippen LogP contribution in [-0.4, -0.2) is 29.6 Å². The molecule has 8 atom stereocenters. The number of carbonyl (C=O) groups excluding carboxylic acids is 2. The van der Waals surface area contributed by atoms with Gasteiger partial charge in [-0.05, 0) is 92.3 Å². The fourth-order valence-electron chi connectivity index (χ4n) is 8.20. The molecule has 4 aliphatic rings. The molecule has 0 aliphatic heterocycles. The lowest BCUT2D eigenvalue weighted by Crippen LogP contribution is -2.54. The van der Waals surface area contributed by atoms with Crippen molar-refractivity contribution in [2.75, 3.05) is 6.61 Å². The van der Waals surface area contributed by atoms with Crippen molar-refractivity contribution in [1.29, 1.82) is 0 Å². The second-order valence-electron chi connectivity index (χ2n) is 10.5. The minimum atomic E-state index is -0.293. The van der Waals surface area contributed by atoms with Gasteiger partial charge >= 0.3 is 5.97 Å². The molecule has 0 saturated heterocycles. The van der Waals surface area contributed by atoms with Gasteiger partial charge in [0.25, 0.3) is 0 Å². The molecule has 0 spiro atoms. The highest BCUT2D eigenvalue weighted by Gasteiger charge is 2.61. The van der Waals surface area contributed by atoms with Gasteiger partial charge < -0.3 is 9.84 Å². The van der Waals surface area contributed by atoms with E-state index in [0.29, 0.717) is 17.3 Å². The molecule has 0 radical (unpaired) electrons. The first-order chi connectivity index (χ1) is 12.8. The Morgan fingerprint density at radius 1 is 0.963 bits per heavy atom. The number of aliphatic hydroxyl groups excluding tert-OH is 1. The molecule has 4 fully saturated rings. The van der Waals surface area contributed by atoms with Crippen LogP contribution in [0.25, 0.3) is 0 Å². The molecular formula is C23H36O4. The zero-order valence-electron chi connectivity index (χ0n) is 17.2. The number of esters is 1. The molecule has 0 aromatic heterocycles. The maximum absolute atomic E-state index is 12.4. The number of rotatable bonds is 3. The van der Waals surface area contributed by atoms with Crippen molar-refractivity contribution < 1.29 is 19.4 Å². The summed E-state index contributed by atoms with van der Waals surface area (Å²) >= 11 is 0. The van der Waals surface area contributed by atoms with Gasteiger partial charge in [0.1, 0.15) is 12.7 Å². The maximum Gasteiger partial charge on any atom is 0.302 e. The van der Waals surface area contributed by atoms with Crippen molar-refractivity contribution in [3.63, 3.8) is 0 Å². The van der Waals surface area contributed by atoms with Gasteiger partial charge in [0.2, 0.25) is 0 Å². The Morgan fingerprint density at radius 2 is 1.67 bits per heavy atom. The number of aliphatic hydroxyl groups is 1. The van der Waals surface area contributed by atoms with E-state index >= 15 is 0 Å². The molecule has 0 aromatic carbocycles. The number of hydrogen-bond donors (Lipinski definition) is 1. The Hall–Kier alpha value is -0.900. The lowest BCUT2D eigenvalue weighted by molar-refractivity contribution is -0.161. The Labute approximate surface area is 163 Å². The number of fused-ring (bicyclic) bond motifs is 5. The first-order valence-corrected chi connectivity index (χ1v) is 11.1. The van der Waals surface area contributed by atoms with E-state index < -0.39 is 0 Å². The average molecular weight is 377 g/mol. The van der Waals surface area contributed by atoms with Crippen molar-refractivity contribution >= 4 is 11.8 Å². The van der Waals surface area contributed by atoms with Gasteiger partial charge in [-0.2, -0.15) is 0 Å². The second-order valence-corrected chi connectivity index (χ2v) is 10.5. The van der Waals surface area contributed by atoms with E-state index in [9.17, 15) is 14.7 Å². The fourth-order valence-corrected chi connectivity index (χ4v) is 8.20. The highest BCUT2D eigenvalue weighted by Crippen LogP contribution is 2.67. The Morgan fingerprint density at radius 3 is 2.37 bits per heavy atom. The molecule has 4 rings (SSSR count).